The van der Waals surface area contributed by atoms with Crippen LogP contribution in [0, 0.1) is 0 Å². The van der Waals surface area contributed by atoms with E-state index in [1.807, 2.05) is 42.5 Å². The topological polar surface area (TPSA) is 88.1 Å². The van der Waals surface area contributed by atoms with Crippen molar-refractivity contribution < 1.29 is 9.47 Å². The van der Waals surface area contributed by atoms with Crippen molar-refractivity contribution in [1.29, 1.82) is 0 Å². The number of nitrogens with two attached hydrogens (primary N) is 1. The minimum Gasteiger partial charge on any atom is -0.481 e. The fourth-order valence-corrected chi connectivity index (χ4v) is 4.39. The van der Waals surface area contributed by atoms with Gasteiger partial charge in [0, 0.05) is 38.7 Å². The molecule has 0 saturated heterocycles. The van der Waals surface area contributed by atoms with E-state index >= 15 is 0 Å². The lowest BCUT2D eigenvalue weighted by Gasteiger charge is -2.17. The predicted molar refractivity (Wildman–Crippen MR) is 131 cm³/mol. The third-order valence-corrected chi connectivity index (χ3v) is 6.99. The van der Waals surface area contributed by atoms with E-state index in [4.69, 9.17) is 20.2 Å². The molecule has 4 rings (SSSR count). The van der Waals surface area contributed by atoms with E-state index in [1.165, 1.54) is 0 Å². The van der Waals surface area contributed by atoms with Gasteiger partial charge < -0.3 is 19.8 Å². The molecule has 0 aliphatic rings. The predicted octanol–water partition coefficient (Wildman–Crippen LogP) is 5.06. The van der Waals surface area contributed by atoms with Crippen LogP contribution < -0.4 is 10.5 Å². The third-order valence-electron chi connectivity index (χ3n) is 5.28. The van der Waals surface area contributed by atoms with Crippen molar-refractivity contribution >= 4 is 24.9 Å². The number of fused-ring (bicyclic) bond motifs is 1. The molecule has 0 fully saturated rings. The number of ether oxygens (including phenoxy) is 2. The van der Waals surface area contributed by atoms with Crippen LogP contribution in [0.2, 0.25) is 25.7 Å². The summed E-state index contributed by atoms with van der Waals surface area (Å²) in [5, 5.41) is 0. The molecule has 4 aromatic rings. The lowest BCUT2D eigenvalue weighted by atomic mass is 10.0. The normalized spacial score (nSPS) is 11.8. The van der Waals surface area contributed by atoms with Crippen molar-refractivity contribution in [2.45, 2.75) is 32.4 Å². The third kappa shape index (κ3) is 4.66. The maximum absolute atomic E-state index is 6.17. The Morgan fingerprint density at radius 2 is 1.88 bits per heavy atom. The quantitative estimate of drug-likeness (QED) is 0.300. The minimum absolute atomic E-state index is 0.402. The van der Waals surface area contributed by atoms with E-state index in [1.54, 1.807) is 19.5 Å². The van der Waals surface area contributed by atoms with Crippen LogP contribution in [-0.4, -0.2) is 41.3 Å². The number of pyridine rings is 3. The molecule has 4 heterocycles. The first-order valence-electron chi connectivity index (χ1n) is 10.7. The Morgan fingerprint density at radius 3 is 2.56 bits per heavy atom. The summed E-state index contributed by atoms with van der Waals surface area (Å²) < 4.78 is 13.7. The first-order chi connectivity index (χ1) is 15.4. The second kappa shape index (κ2) is 9.10. The largest absolute Gasteiger partial charge is 0.481 e. The molecular formula is C24H29N5O2Si. The molecule has 2 N–H and O–H groups in total. The van der Waals surface area contributed by atoms with E-state index in [2.05, 4.69) is 34.2 Å². The van der Waals surface area contributed by atoms with Crippen molar-refractivity contribution in [3.8, 4) is 28.4 Å². The van der Waals surface area contributed by atoms with Crippen molar-refractivity contribution in [3.05, 3.63) is 54.9 Å². The number of aromatic nitrogens is 4. The lowest BCUT2D eigenvalue weighted by Crippen LogP contribution is -2.22. The monoisotopic (exact) mass is 447 g/mol. The summed E-state index contributed by atoms with van der Waals surface area (Å²) in [6.45, 7) is 8.17. The molecule has 0 aliphatic carbocycles. The summed E-state index contributed by atoms with van der Waals surface area (Å²) in [5.74, 6) is 1.00. The highest BCUT2D eigenvalue weighted by Gasteiger charge is 2.23. The van der Waals surface area contributed by atoms with E-state index in [-0.39, 0.29) is 0 Å². The van der Waals surface area contributed by atoms with Gasteiger partial charge in [0.2, 0.25) is 5.88 Å². The Balaban J connectivity index is 1.92. The SMILES string of the molecule is COc1ccc2c(n1)c(-c1ccccn1)c(-c1ccnc(N)c1)n2COCC[Si](C)(C)C. The van der Waals surface area contributed by atoms with Gasteiger partial charge in [0.1, 0.15) is 18.1 Å². The highest BCUT2D eigenvalue weighted by molar-refractivity contribution is 6.76. The van der Waals surface area contributed by atoms with Gasteiger partial charge in [0.25, 0.3) is 0 Å². The summed E-state index contributed by atoms with van der Waals surface area (Å²) >= 11 is 0. The zero-order valence-electron chi connectivity index (χ0n) is 19.0. The average molecular weight is 448 g/mol. The number of methoxy groups -OCH3 is 1. The van der Waals surface area contributed by atoms with Crippen molar-refractivity contribution in [2.24, 2.45) is 0 Å². The molecule has 4 aromatic heterocycles. The minimum atomic E-state index is -1.19. The van der Waals surface area contributed by atoms with E-state index < -0.39 is 8.07 Å². The molecule has 0 aromatic carbocycles. The van der Waals surface area contributed by atoms with Gasteiger partial charge in [-0.2, -0.15) is 0 Å². The van der Waals surface area contributed by atoms with Gasteiger partial charge in [-0.25, -0.2) is 9.97 Å². The summed E-state index contributed by atoms with van der Waals surface area (Å²) in [4.78, 5) is 13.6. The van der Waals surface area contributed by atoms with Crippen LogP contribution in [0.25, 0.3) is 33.5 Å². The fourth-order valence-electron chi connectivity index (χ4n) is 3.63. The number of nitrogen functional groups attached to an aromatic ring is 1. The maximum atomic E-state index is 6.17. The Hall–Kier alpha value is -3.23. The highest BCUT2D eigenvalue weighted by Crippen LogP contribution is 2.40. The van der Waals surface area contributed by atoms with E-state index in [0.29, 0.717) is 18.4 Å². The molecule has 0 unspecified atom stereocenters. The van der Waals surface area contributed by atoms with Crippen LogP contribution in [-0.2, 0) is 11.5 Å². The van der Waals surface area contributed by atoms with Gasteiger partial charge in [0.15, 0.2) is 0 Å². The number of hydrogen-bond acceptors (Lipinski definition) is 6. The number of rotatable bonds is 8. The molecule has 0 saturated carbocycles. The maximum Gasteiger partial charge on any atom is 0.213 e. The van der Waals surface area contributed by atoms with Gasteiger partial charge in [-0.05, 0) is 36.4 Å². The second-order valence-corrected chi connectivity index (χ2v) is 14.5. The van der Waals surface area contributed by atoms with Gasteiger partial charge in [-0.1, -0.05) is 25.7 Å². The molecule has 0 spiro atoms. The molecule has 0 aliphatic heterocycles. The second-order valence-electron chi connectivity index (χ2n) is 8.91. The van der Waals surface area contributed by atoms with E-state index in [9.17, 15) is 0 Å². The lowest BCUT2D eigenvalue weighted by molar-refractivity contribution is 0.0913. The zero-order chi connectivity index (χ0) is 22.7. The van der Waals surface area contributed by atoms with Crippen molar-refractivity contribution in [3.63, 3.8) is 0 Å². The Kier molecular flexibility index (Phi) is 6.25. The molecule has 166 valence electrons. The zero-order valence-corrected chi connectivity index (χ0v) is 20.0. The van der Waals surface area contributed by atoms with Crippen molar-refractivity contribution in [1.82, 2.24) is 19.5 Å². The Morgan fingerprint density at radius 1 is 1.03 bits per heavy atom. The first-order valence-corrected chi connectivity index (χ1v) is 14.4. The molecule has 0 amide bonds. The molecule has 0 bridgehead atoms. The standard InChI is InChI=1S/C24H29N5O2Si/c1-30-21-9-8-19-23(28-21)22(18-7-5-6-11-26-18)24(17-10-12-27-20(25)15-17)29(19)16-31-13-14-32(2,3)4/h5-12,15H,13-14,16H2,1-4H3,(H2,25,27). The van der Waals surface area contributed by atoms with Crippen LogP contribution in [0.3, 0.4) is 0 Å². The van der Waals surface area contributed by atoms with E-state index in [0.717, 1.165) is 46.2 Å². The van der Waals surface area contributed by atoms with Gasteiger partial charge in [-0.3, -0.25) is 4.98 Å². The van der Waals surface area contributed by atoms with Crippen LogP contribution in [0.1, 0.15) is 0 Å². The average Bonchev–Trinajstić information content (AvgIpc) is 3.10. The van der Waals surface area contributed by atoms with Crippen LogP contribution in [0.4, 0.5) is 5.82 Å². The molecular weight excluding hydrogens is 418 g/mol. The smallest absolute Gasteiger partial charge is 0.213 e. The molecule has 7 nitrogen and oxygen atoms in total. The van der Waals surface area contributed by atoms with Gasteiger partial charge in [-0.15, -0.1) is 0 Å². The highest BCUT2D eigenvalue weighted by atomic mass is 28.3. The fraction of sp³-hybridized carbons (Fsp3) is 0.292. The van der Waals surface area contributed by atoms with Crippen LogP contribution in [0.5, 0.6) is 5.88 Å². The van der Waals surface area contributed by atoms with Gasteiger partial charge >= 0.3 is 0 Å². The van der Waals surface area contributed by atoms with Crippen molar-refractivity contribution in [2.75, 3.05) is 19.5 Å². The first kappa shape index (κ1) is 22.0. The Bertz CT molecular complexity index is 1220. The summed E-state index contributed by atoms with van der Waals surface area (Å²) in [6, 6.07) is 14.7. The number of anilines is 1. The van der Waals surface area contributed by atoms with Crippen LogP contribution >= 0.6 is 0 Å². The Labute approximate surface area is 189 Å². The van der Waals surface area contributed by atoms with Crippen LogP contribution in [0.15, 0.2) is 54.9 Å². The molecule has 0 radical (unpaired) electrons. The number of hydrogen-bond donors (Lipinski definition) is 1. The summed E-state index contributed by atoms with van der Waals surface area (Å²) in [7, 11) is 0.429. The summed E-state index contributed by atoms with van der Waals surface area (Å²) in [6.07, 6.45) is 3.50. The summed E-state index contributed by atoms with van der Waals surface area (Å²) in [5.41, 5.74) is 11.4. The molecule has 8 heteroatoms. The molecule has 32 heavy (non-hydrogen) atoms. The van der Waals surface area contributed by atoms with Gasteiger partial charge in [0.05, 0.1) is 29.6 Å². The molecule has 0 atom stereocenters. The number of nitrogens with zero attached hydrogens (tertiary/aromatic N) is 4.